The molecule has 0 radical (unpaired) electrons. The monoisotopic (exact) mass is 483 g/mol. The quantitative estimate of drug-likeness (QED) is 0.710. The van der Waals surface area contributed by atoms with Crippen LogP contribution >= 0.6 is 35.0 Å². The van der Waals surface area contributed by atoms with Gasteiger partial charge in [-0.25, -0.2) is 8.42 Å². The SMILES string of the molecule is Cc1c(Cl)cccc1NC(=O)CSC1=N[C@@H]2CS(=O)(=O)C[C@H]2N1c1ccc(Cl)cc1. The maximum Gasteiger partial charge on any atom is 0.234 e. The van der Waals surface area contributed by atoms with Gasteiger partial charge >= 0.3 is 0 Å². The van der Waals surface area contributed by atoms with Crippen LogP contribution in [0.3, 0.4) is 0 Å². The Morgan fingerprint density at radius 1 is 1.20 bits per heavy atom. The van der Waals surface area contributed by atoms with E-state index in [0.717, 1.165) is 11.3 Å². The number of thioether (sulfide) groups is 1. The van der Waals surface area contributed by atoms with Gasteiger partial charge in [-0.2, -0.15) is 0 Å². The van der Waals surface area contributed by atoms with Gasteiger partial charge in [-0.1, -0.05) is 41.0 Å². The molecule has 2 atom stereocenters. The average molecular weight is 484 g/mol. The Balaban J connectivity index is 1.51. The van der Waals surface area contributed by atoms with Gasteiger partial charge in [-0.15, -0.1) is 0 Å². The highest BCUT2D eigenvalue weighted by atomic mass is 35.5. The van der Waals surface area contributed by atoms with Gasteiger partial charge in [0.05, 0.1) is 29.3 Å². The highest BCUT2D eigenvalue weighted by Gasteiger charge is 2.47. The lowest BCUT2D eigenvalue weighted by molar-refractivity contribution is -0.113. The van der Waals surface area contributed by atoms with E-state index in [4.69, 9.17) is 23.2 Å². The highest BCUT2D eigenvalue weighted by Crippen LogP contribution is 2.35. The minimum atomic E-state index is -3.13. The van der Waals surface area contributed by atoms with E-state index >= 15 is 0 Å². The van der Waals surface area contributed by atoms with E-state index in [9.17, 15) is 13.2 Å². The van der Waals surface area contributed by atoms with Crippen molar-refractivity contribution in [2.45, 2.75) is 19.0 Å². The van der Waals surface area contributed by atoms with Crippen LogP contribution in [0.2, 0.25) is 10.0 Å². The largest absolute Gasteiger partial charge is 0.325 e. The summed E-state index contributed by atoms with van der Waals surface area (Å²) in [6.07, 6.45) is 0. The van der Waals surface area contributed by atoms with Crippen LogP contribution in [0.15, 0.2) is 47.5 Å². The zero-order valence-electron chi connectivity index (χ0n) is 16.0. The number of amidine groups is 1. The van der Waals surface area contributed by atoms with Crippen LogP contribution in [0, 0.1) is 6.92 Å². The molecule has 0 aliphatic carbocycles. The van der Waals surface area contributed by atoms with Gasteiger partial charge in [0.15, 0.2) is 15.0 Å². The van der Waals surface area contributed by atoms with E-state index in [1.54, 1.807) is 30.3 Å². The fourth-order valence-corrected chi connectivity index (χ4v) is 6.66. The van der Waals surface area contributed by atoms with Gasteiger partial charge in [0.1, 0.15) is 0 Å². The molecule has 0 spiro atoms. The number of fused-ring (bicyclic) bond motifs is 1. The second-order valence-electron chi connectivity index (χ2n) is 7.22. The third kappa shape index (κ3) is 4.46. The molecule has 0 bridgehead atoms. The number of hydrogen-bond donors (Lipinski definition) is 1. The lowest BCUT2D eigenvalue weighted by atomic mass is 10.1. The number of nitrogens with zero attached hydrogens (tertiary/aromatic N) is 2. The van der Waals surface area contributed by atoms with Crippen molar-refractivity contribution in [3.8, 4) is 0 Å². The predicted molar refractivity (Wildman–Crippen MR) is 125 cm³/mol. The smallest absolute Gasteiger partial charge is 0.234 e. The average Bonchev–Trinajstić information content (AvgIpc) is 3.16. The molecule has 6 nitrogen and oxygen atoms in total. The molecule has 1 fully saturated rings. The molecular formula is C20H19Cl2N3O3S2. The minimum absolute atomic E-state index is 0.0275. The summed E-state index contributed by atoms with van der Waals surface area (Å²) in [5, 5.41) is 4.69. The molecule has 30 heavy (non-hydrogen) atoms. The molecule has 2 aromatic carbocycles. The Morgan fingerprint density at radius 3 is 2.67 bits per heavy atom. The molecule has 0 unspecified atom stereocenters. The van der Waals surface area contributed by atoms with Gasteiger partial charge in [-0.3, -0.25) is 9.79 Å². The summed E-state index contributed by atoms with van der Waals surface area (Å²) >= 11 is 13.4. The van der Waals surface area contributed by atoms with Gasteiger partial charge in [0, 0.05) is 21.4 Å². The lowest BCUT2D eigenvalue weighted by Gasteiger charge is -2.26. The number of amides is 1. The van der Waals surface area contributed by atoms with Crippen LogP contribution in [0.5, 0.6) is 0 Å². The number of benzene rings is 2. The van der Waals surface area contributed by atoms with Crippen LogP contribution in [0.25, 0.3) is 0 Å². The summed E-state index contributed by atoms with van der Waals surface area (Å²) in [5.74, 6) is 0.0246. The molecule has 2 aliphatic rings. The second kappa shape index (κ2) is 8.42. The maximum absolute atomic E-state index is 12.5. The Hall–Kier alpha value is -1.74. The van der Waals surface area contributed by atoms with Crippen LogP contribution in [0.1, 0.15) is 5.56 Å². The van der Waals surface area contributed by atoms with Crippen LogP contribution in [0.4, 0.5) is 11.4 Å². The topological polar surface area (TPSA) is 78.8 Å². The van der Waals surface area contributed by atoms with E-state index in [0.29, 0.717) is 20.9 Å². The molecule has 158 valence electrons. The zero-order chi connectivity index (χ0) is 21.5. The Morgan fingerprint density at radius 2 is 1.93 bits per heavy atom. The van der Waals surface area contributed by atoms with Crippen LogP contribution in [-0.2, 0) is 14.6 Å². The molecule has 10 heteroatoms. The number of hydrogen-bond acceptors (Lipinski definition) is 6. The summed E-state index contributed by atoms with van der Waals surface area (Å²) in [6.45, 7) is 1.84. The highest BCUT2D eigenvalue weighted by molar-refractivity contribution is 8.14. The van der Waals surface area contributed by atoms with E-state index in [-0.39, 0.29) is 35.2 Å². The summed E-state index contributed by atoms with van der Waals surface area (Å²) in [7, 11) is -3.13. The summed E-state index contributed by atoms with van der Waals surface area (Å²) in [5.41, 5.74) is 2.28. The van der Waals surface area contributed by atoms with Crippen molar-refractivity contribution in [3.05, 3.63) is 58.1 Å². The molecule has 2 heterocycles. The van der Waals surface area contributed by atoms with E-state index in [2.05, 4.69) is 10.3 Å². The fourth-order valence-electron chi connectivity index (χ4n) is 3.60. The summed E-state index contributed by atoms with van der Waals surface area (Å²) in [6, 6.07) is 11.9. The molecule has 2 aliphatic heterocycles. The number of nitrogens with one attached hydrogen (secondary N) is 1. The van der Waals surface area contributed by atoms with Crippen LogP contribution in [-0.4, -0.2) is 48.8 Å². The summed E-state index contributed by atoms with van der Waals surface area (Å²) < 4.78 is 24.2. The van der Waals surface area contributed by atoms with E-state index in [1.807, 2.05) is 24.0 Å². The fraction of sp³-hybridized carbons (Fsp3) is 0.300. The molecule has 1 saturated heterocycles. The third-order valence-corrected chi connectivity index (χ3v) is 8.41. The van der Waals surface area contributed by atoms with Crippen molar-refractivity contribution >= 4 is 67.3 Å². The predicted octanol–water partition coefficient (Wildman–Crippen LogP) is 4.02. The molecule has 1 N–H and O–H groups in total. The molecular weight excluding hydrogens is 465 g/mol. The van der Waals surface area contributed by atoms with Crippen molar-refractivity contribution in [2.75, 3.05) is 27.5 Å². The summed E-state index contributed by atoms with van der Waals surface area (Å²) in [4.78, 5) is 19.0. The lowest BCUT2D eigenvalue weighted by Crippen LogP contribution is -2.39. The van der Waals surface area contributed by atoms with E-state index < -0.39 is 9.84 Å². The van der Waals surface area contributed by atoms with Crippen molar-refractivity contribution in [1.82, 2.24) is 0 Å². The number of carbonyl (C=O) groups excluding carboxylic acids is 1. The molecule has 2 aromatic rings. The molecule has 0 saturated carbocycles. The number of anilines is 2. The van der Waals surface area contributed by atoms with Gasteiger partial charge in [0.25, 0.3) is 0 Å². The van der Waals surface area contributed by atoms with Gasteiger partial charge in [-0.05, 0) is 48.9 Å². The third-order valence-electron chi connectivity index (χ3n) is 5.09. The Kier molecular flexibility index (Phi) is 6.03. The Bertz CT molecular complexity index is 1120. The first-order chi connectivity index (χ1) is 14.2. The van der Waals surface area contributed by atoms with Gasteiger partial charge in [0.2, 0.25) is 5.91 Å². The van der Waals surface area contributed by atoms with Crippen molar-refractivity contribution in [3.63, 3.8) is 0 Å². The number of aliphatic imine (C=N–C) groups is 1. The molecule has 4 rings (SSSR count). The first-order valence-electron chi connectivity index (χ1n) is 9.24. The first kappa shape index (κ1) is 21.5. The van der Waals surface area contributed by atoms with Gasteiger partial charge < -0.3 is 10.2 Å². The number of halogens is 2. The Labute approximate surface area is 189 Å². The maximum atomic E-state index is 12.5. The number of carbonyl (C=O) groups is 1. The number of rotatable bonds is 4. The second-order valence-corrected chi connectivity index (χ2v) is 11.2. The van der Waals surface area contributed by atoms with E-state index in [1.165, 1.54) is 11.8 Å². The van der Waals surface area contributed by atoms with Crippen molar-refractivity contribution in [1.29, 1.82) is 0 Å². The number of sulfone groups is 1. The van der Waals surface area contributed by atoms with Crippen LogP contribution < -0.4 is 10.2 Å². The molecule has 1 amide bonds. The normalized spacial score (nSPS) is 22.0. The van der Waals surface area contributed by atoms with Crippen molar-refractivity contribution in [2.24, 2.45) is 4.99 Å². The first-order valence-corrected chi connectivity index (χ1v) is 12.8. The minimum Gasteiger partial charge on any atom is -0.325 e. The molecule has 0 aromatic heterocycles. The zero-order valence-corrected chi connectivity index (χ0v) is 19.2. The standard InChI is InChI=1S/C20H19Cl2N3O3S2/c1-12-15(22)3-2-4-16(12)23-19(26)9-29-20-24-17-10-30(27,28)11-18(17)25(20)14-7-5-13(21)6-8-14/h2-8,17-18H,9-11H2,1H3,(H,23,26)/t17-,18-/m1/s1. The van der Waals surface area contributed by atoms with Crippen molar-refractivity contribution < 1.29 is 13.2 Å².